The van der Waals surface area contributed by atoms with Crippen LogP contribution in [0.2, 0.25) is 5.02 Å². The van der Waals surface area contributed by atoms with Crippen LogP contribution in [0.25, 0.3) is 11.3 Å². The lowest BCUT2D eigenvalue weighted by molar-refractivity contribution is 0.108. The average molecular weight is 361 g/mol. The van der Waals surface area contributed by atoms with Crippen LogP contribution >= 0.6 is 11.6 Å². The van der Waals surface area contributed by atoms with Gasteiger partial charge in [0.2, 0.25) is 0 Å². The number of aromatic nitrogens is 2. The van der Waals surface area contributed by atoms with Crippen molar-refractivity contribution < 1.29 is 5.11 Å². The van der Waals surface area contributed by atoms with Crippen molar-refractivity contribution in [3.63, 3.8) is 0 Å². The van der Waals surface area contributed by atoms with Gasteiger partial charge in [0.05, 0.1) is 16.8 Å². The van der Waals surface area contributed by atoms with Crippen LogP contribution in [0.3, 0.4) is 0 Å². The van der Waals surface area contributed by atoms with E-state index >= 15 is 0 Å². The van der Waals surface area contributed by atoms with Crippen LogP contribution in [0.5, 0.6) is 0 Å². The van der Waals surface area contributed by atoms with Gasteiger partial charge >= 0.3 is 0 Å². The van der Waals surface area contributed by atoms with Crippen LogP contribution in [-0.2, 0) is 6.42 Å². The Morgan fingerprint density at radius 1 is 1.24 bits per heavy atom. The number of halogens is 1. The van der Waals surface area contributed by atoms with E-state index in [2.05, 4.69) is 15.3 Å². The summed E-state index contributed by atoms with van der Waals surface area (Å²) < 4.78 is 0. The molecule has 0 radical (unpaired) electrons. The van der Waals surface area contributed by atoms with Crippen molar-refractivity contribution in [1.82, 2.24) is 9.97 Å². The second-order valence-corrected chi connectivity index (χ2v) is 7.06. The van der Waals surface area contributed by atoms with E-state index in [-0.39, 0.29) is 6.10 Å². The molecule has 5 nitrogen and oxygen atoms in total. The second-order valence-electron chi connectivity index (χ2n) is 6.66. The summed E-state index contributed by atoms with van der Waals surface area (Å²) >= 11 is 6.37. The van der Waals surface area contributed by atoms with Gasteiger partial charge in [0, 0.05) is 30.5 Å². The fraction of sp³-hybridized carbons (Fsp3) is 0.474. The van der Waals surface area contributed by atoms with Gasteiger partial charge in [0.15, 0.2) is 0 Å². The predicted octanol–water partition coefficient (Wildman–Crippen LogP) is 3.26. The van der Waals surface area contributed by atoms with Gasteiger partial charge in [-0.25, -0.2) is 4.98 Å². The number of nitrogens with two attached hydrogens (primary N) is 1. The van der Waals surface area contributed by atoms with Crippen LogP contribution in [0.4, 0.5) is 5.82 Å². The Bertz CT molecular complexity index is 702. The molecule has 1 fully saturated rings. The van der Waals surface area contributed by atoms with Gasteiger partial charge in [-0.05, 0) is 56.2 Å². The van der Waals surface area contributed by atoms with Crippen LogP contribution in [-0.4, -0.2) is 34.3 Å². The summed E-state index contributed by atoms with van der Waals surface area (Å²) in [7, 11) is 0. The molecular weight excluding hydrogens is 336 g/mol. The molecule has 0 unspecified atom stereocenters. The quantitative estimate of drug-likeness (QED) is 0.736. The molecule has 0 saturated heterocycles. The zero-order valence-electron chi connectivity index (χ0n) is 14.3. The van der Waals surface area contributed by atoms with Gasteiger partial charge in [0.25, 0.3) is 0 Å². The van der Waals surface area contributed by atoms with Crippen LogP contribution in [0, 0.1) is 5.92 Å². The Hall–Kier alpha value is -1.69. The molecule has 0 bridgehead atoms. The number of nitrogens with one attached hydrogen (secondary N) is 1. The maximum absolute atomic E-state index is 9.65. The van der Waals surface area contributed by atoms with Crippen molar-refractivity contribution in [3.05, 3.63) is 41.2 Å². The summed E-state index contributed by atoms with van der Waals surface area (Å²) in [6.07, 6.45) is 6.39. The number of anilines is 1. The van der Waals surface area contributed by atoms with Crippen molar-refractivity contribution >= 4 is 17.4 Å². The number of aliphatic hydroxyl groups is 1. The molecule has 0 atom stereocenters. The molecule has 0 aromatic carbocycles. The molecule has 2 heterocycles. The topological polar surface area (TPSA) is 84.1 Å². The molecule has 134 valence electrons. The number of hydrogen-bond donors (Lipinski definition) is 3. The monoisotopic (exact) mass is 360 g/mol. The van der Waals surface area contributed by atoms with Crippen LogP contribution in [0.1, 0.15) is 31.4 Å². The second kappa shape index (κ2) is 8.61. The van der Waals surface area contributed by atoms with Crippen molar-refractivity contribution in [3.8, 4) is 11.3 Å². The predicted molar refractivity (Wildman–Crippen MR) is 102 cm³/mol. The SMILES string of the molecule is NCCNc1cccc(-c2cc(CC3CCC(O)CC3)ncc2Cl)n1. The number of hydrogen-bond acceptors (Lipinski definition) is 5. The molecule has 4 N–H and O–H groups in total. The van der Waals surface area contributed by atoms with Gasteiger partial charge < -0.3 is 16.2 Å². The zero-order chi connectivity index (χ0) is 17.6. The van der Waals surface area contributed by atoms with E-state index in [9.17, 15) is 5.11 Å². The molecule has 2 aromatic rings. The standard InChI is InChI=1S/C19H25ClN4O/c20-17-12-23-14(10-13-4-6-15(25)7-5-13)11-16(17)18-2-1-3-19(24-18)22-9-8-21/h1-3,11-13,15,25H,4-10,21H2,(H,22,24). The molecule has 1 saturated carbocycles. The highest BCUT2D eigenvalue weighted by molar-refractivity contribution is 6.33. The normalized spacial score (nSPS) is 20.4. The third-order valence-electron chi connectivity index (χ3n) is 4.70. The van der Waals surface area contributed by atoms with E-state index in [4.69, 9.17) is 17.3 Å². The summed E-state index contributed by atoms with van der Waals surface area (Å²) in [4.78, 5) is 9.12. The molecular formula is C19H25ClN4O. The first-order valence-electron chi connectivity index (χ1n) is 8.89. The van der Waals surface area contributed by atoms with E-state index in [1.807, 2.05) is 24.3 Å². The first kappa shape index (κ1) is 18.1. The van der Waals surface area contributed by atoms with Crippen molar-refractivity contribution in [2.24, 2.45) is 11.7 Å². The first-order chi connectivity index (χ1) is 12.2. The Labute approximate surface area is 153 Å². The lowest BCUT2D eigenvalue weighted by Crippen LogP contribution is -2.19. The molecule has 25 heavy (non-hydrogen) atoms. The molecule has 1 aliphatic carbocycles. The average Bonchev–Trinajstić information content (AvgIpc) is 2.64. The molecule has 1 aliphatic rings. The zero-order valence-corrected chi connectivity index (χ0v) is 15.0. The van der Waals surface area contributed by atoms with Crippen molar-refractivity contribution in [2.75, 3.05) is 18.4 Å². The summed E-state index contributed by atoms with van der Waals surface area (Å²) in [6.45, 7) is 1.24. The van der Waals surface area contributed by atoms with Gasteiger partial charge in [0.1, 0.15) is 5.82 Å². The van der Waals surface area contributed by atoms with Gasteiger partial charge in [-0.2, -0.15) is 0 Å². The van der Waals surface area contributed by atoms with E-state index in [0.29, 0.717) is 24.0 Å². The molecule has 0 amide bonds. The van der Waals surface area contributed by atoms with E-state index in [0.717, 1.165) is 54.9 Å². The molecule has 0 aliphatic heterocycles. The van der Waals surface area contributed by atoms with E-state index in [1.165, 1.54) is 0 Å². The largest absolute Gasteiger partial charge is 0.393 e. The minimum atomic E-state index is -0.127. The number of rotatable bonds is 6. The Morgan fingerprint density at radius 3 is 2.80 bits per heavy atom. The number of pyridine rings is 2. The Kier molecular flexibility index (Phi) is 6.24. The molecule has 6 heteroatoms. The highest BCUT2D eigenvalue weighted by Crippen LogP contribution is 2.31. The minimum Gasteiger partial charge on any atom is -0.393 e. The van der Waals surface area contributed by atoms with Crippen molar-refractivity contribution in [2.45, 2.75) is 38.2 Å². The Balaban J connectivity index is 1.77. The third-order valence-corrected chi connectivity index (χ3v) is 5.00. The summed E-state index contributed by atoms with van der Waals surface area (Å²) in [5.41, 5.74) is 8.29. The highest BCUT2D eigenvalue weighted by Gasteiger charge is 2.20. The van der Waals surface area contributed by atoms with Gasteiger partial charge in [-0.1, -0.05) is 17.7 Å². The van der Waals surface area contributed by atoms with Gasteiger partial charge in [-0.3, -0.25) is 4.98 Å². The fourth-order valence-electron chi connectivity index (χ4n) is 3.32. The number of nitrogens with zero attached hydrogens (tertiary/aromatic N) is 2. The first-order valence-corrected chi connectivity index (χ1v) is 9.27. The van der Waals surface area contributed by atoms with Crippen LogP contribution in [0.15, 0.2) is 30.5 Å². The lowest BCUT2D eigenvalue weighted by atomic mass is 9.84. The highest BCUT2D eigenvalue weighted by atomic mass is 35.5. The van der Waals surface area contributed by atoms with Gasteiger partial charge in [-0.15, -0.1) is 0 Å². The fourth-order valence-corrected chi connectivity index (χ4v) is 3.52. The summed E-state index contributed by atoms with van der Waals surface area (Å²) in [5.74, 6) is 1.37. The Morgan fingerprint density at radius 2 is 2.04 bits per heavy atom. The number of aliphatic hydroxyl groups excluding tert-OH is 1. The maximum atomic E-state index is 9.65. The summed E-state index contributed by atoms with van der Waals surface area (Å²) in [5, 5.41) is 13.4. The molecule has 3 rings (SSSR count). The van der Waals surface area contributed by atoms with Crippen LogP contribution < -0.4 is 11.1 Å². The lowest BCUT2D eigenvalue weighted by Gasteiger charge is -2.25. The minimum absolute atomic E-state index is 0.127. The molecule has 2 aromatic heterocycles. The smallest absolute Gasteiger partial charge is 0.126 e. The maximum Gasteiger partial charge on any atom is 0.126 e. The molecule has 0 spiro atoms. The summed E-state index contributed by atoms with van der Waals surface area (Å²) in [6, 6.07) is 7.88. The van der Waals surface area contributed by atoms with Crippen molar-refractivity contribution in [1.29, 1.82) is 0 Å². The van der Waals surface area contributed by atoms with E-state index in [1.54, 1.807) is 6.20 Å². The third kappa shape index (κ3) is 4.91. The van der Waals surface area contributed by atoms with E-state index < -0.39 is 0 Å².